The molecule has 0 saturated heterocycles. The molecule has 1 heterocycles. The minimum Gasteiger partial charge on any atom is -0.493 e. The van der Waals surface area contributed by atoms with Gasteiger partial charge in [-0.3, -0.25) is 5.73 Å². The van der Waals surface area contributed by atoms with Crippen LogP contribution in [0.15, 0.2) is 42.5 Å². The van der Waals surface area contributed by atoms with Crippen molar-refractivity contribution in [3.8, 4) is 11.5 Å². The standard InChI is InChI=1S/C16H16ClNO2/c17-11-6-8-12(9-7-11)20-16(18)14-3-1-5-15-13(14)4-2-10-19-15/h1,3,5-9,16H,2,4,10,18H2. The van der Waals surface area contributed by atoms with Crippen molar-refractivity contribution in [3.63, 3.8) is 0 Å². The van der Waals surface area contributed by atoms with Crippen LogP contribution in [0.1, 0.15) is 23.8 Å². The number of rotatable bonds is 3. The molecular formula is C16H16ClNO2. The number of ether oxygens (including phenoxy) is 2. The molecule has 1 aliphatic heterocycles. The van der Waals surface area contributed by atoms with Crippen LogP contribution in [0.2, 0.25) is 5.02 Å². The number of fused-ring (bicyclic) bond motifs is 1. The Hall–Kier alpha value is -1.71. The van der Waals surface area contributed by atoms with Crippen molar-refractivity contribution in [2.24, 2.45) is 5.73 Å². The maximum atomic E-state index is 6.18. The molecule has 0 radical (unpaired) electrons. The fraction of sp³-hybridized carbons (Fsp3) is 0.250. The van der Waals surface area contributed by atoms with E-state index in [9.17, 15) is 0 Å². The second-order valence-corrected chi connectivity index (χ2v) is 5.20. The first-order valence-corrected chi connectivity index (χ1v) is 7.04. The third-order valence-electron chi connectivity index (χ3n) is 3.38. The van der Waals surface area contributed by atoms with Gasteiger partial charge in [0.25, 0.3) is 0 Å². The molecule has 104 valence electrons. The predicted octanol–water partition coefficient (Wildman–Crippen LogP) is 3.70. The van der Waals surface area contributed by atoms with E-state index >= 15 is 0 Å². The minimum atomic E-state index is -0.507. The Morgan fingerprint density at radius 1 is 1.15 bits per heavy atom. The van der Waals surface area contributed by atoms with Crippen LogP contribution >= 0.6 is 11.6 Å². The van der Waals surface area contributed by atoms with E-state index in [0.29, 0.717) is 10.8 Å². The molecule has 1 unspecified atom stereocenters. The topological polar surface area (TPSA) is 44.5 Å². The highest BCUT2D eigenvalue weighted by Gasteiger charge is 2.19. The lowest BCUT2D eigenvalue weighted by Crippen LogP contribution is -2.21. The van der Waals surface area contributed by atoms with E-state index < -0.39 is 6.23 Å². The lowest BCUT2D eigenvalue weighted by Gasteiger charge is -2.23. The van der Waals surface area contributed by atoms with Gasteiger partial charge in [-0.25, -0.2) is 0 Å². The molecule has 0 bridgehead atoms. The Morgan fingerprint density at radius 2 is 1.95 bits per heavy atom. The zero-order valence-corrected chi connectivity index (χ0v) is 11.8. The highest BCUT2D eigenvalue weighted by atomic mass is 35.5. The molecule has 2 aromatic carbocycles. The van der Waals surface area contributed by atoms with Crippen LogP contribution < -0.4 is 15.2 Å². The van der Waals surface area contributed by atoms with Crippen LogP contribution in [0, 0.1) is 0 Å². The molecule has 2 aromatic rings. The summed E-state index contributed by atoms with van der Waals surface area (Å²) < 4.78 is 11.4. The predicted molar refractivity (Wildman–Crippen MR) is 79.3 cm³/mol. The summed E-state index contributed by atoms with van der Waals surface area (Å²) in [6.45, 7) is 0.768. The average molecular weight is 290 g/mol. The highest BCUT2D eigenvalue weighted by Crippen LogP contribution is 2.31. The normalized spacial score (nSPS) is 15.1. The van der Waals surface area contributed by atoms with E-state index in [1.54, 1.807) is 12.1 Å². The summed E-state index contributed by atoms with van der Waals surface area (Å²) in [5.41, 5.74) is 8.31. The molecule has 0 fully saturated rings. The van der Waals surface area contributed by atoms with Crippen LogP contribution in [0.3, 0.4) is 0 Å². The van der Waals surface area contributed by atoms with E-state index in [1.165, 1.54) is 0 Å². The van der Waals surface area contributed by atoms with Gasteiger partial charge in [0.15, 0.2) is 6.23 Å². The first kappa shape index (κ1) is 13.3. The molecule has 20 heavy (non-hydrogen) atoms. The molecule has 2 N–H and O–H groups in total. The van der Waals surface area contributed by atoms with Crippen LogP contribution in [0.5, 0.6) is 11.5 Å². The molecule has 0 amide bonds. The Kier molecular flexibility index (Phi) is 3.81. The summed E-state index contributed by atoms with van der Waals surface area (Å²) >= 11 is 5.86. The lowest BCUT2D eigenvalue weighted by molar-refractivity contribution is 0.209. The summed E-state index contributed by atoms with van der Waals surface area (Å²) in [4.78, 5) is 0. The van der Waals surface area contributed by atoms with Crippen molar-refractivity contribution in [2.75, 3.05) is 6.61 Å². The van der Waals surface area contributed by atoms with Gasteiger partial charge < -0.3 is 9.47 Å². The number of nitrogens with two attached hydrogens (primary N) is 1. The van der Waals surface area contributed by atoms with Crippen LogP contribution in [-0.4, -0.2) is 6.61 Å². The Labute approximate surface area is 123 Å². The van der Waals surface area contributed by atoms with E-state index in [0.717, 1.165) is 36.3 Å². The highest BCUT2D eigenvalue weighted by molar-refractivity contribution is 6.30. The van der Waals surface area contributed by atoms with Gasteiger partial charge in [-0.05, 0) is 43.2 Å². The Morgan fingerprint density at radius 3 is 2.75 bits per heavy atom. The molecule has 0 aliphatic carbocycles. The summed E-state index contributed by atoms with van der Waals surface area (Å²) in [6, 6.07) is 13.1. The van der Waals surface area contributed by atoms with Crippen molar-refractivity contribution in [2.45, 2.75) is 19.1 Å². The maximum Gasteiger partial charge on any atom is 0.174 e. The number of hydrogen-bond acceptors (Lipinski definition) is 3. The molecular weight excluding hydrogens is 274 g/mol. The van der Waals surface area contributed by atoms with Crippen LogP contribution in [0.4, 0.5) is 0 Å². The quantitative estimate of drug-likeness (QED) is 0.876. The van der Waals surface area contributed by atoms with Gasteiger partial charge in [0.05, 0.1) is 6.61 Å². The SMILES string of the molecule is NC(Oc1ccc(Cl)cc1)c1cccc2c1CCCO2. The van der Waals surface area contributed by atoms with Gasteiger partial charge >= 0.3 is 0 Å². The number of benzene rings is 2. The van der Waals surface area contributed by atoms with E-state index in [2.05, 4.69) is 0 Å². The Balaban J connectivity index is 1.83. The largest absolute Gasteiger partial charge is 0.493 e. The fourth-order valence-corrected chi connectivity index (χ4v) is 2.53. The maximum absolute atomic E-state index is 6.18. The molecule has 1 aliphatic rings. The summed E-state index contributed by atoms with van der Waals surface area (Å²) in [6.07, 6.45) is 1.48. The van der Waals surface area contributed by atoms with Crippen molar-refractivity contribution < 1.29 is 9.47 Å². The molecule has 3 nitrogen and oxygen atoms in total. The average Bonchev–Trinajstić information content (AvgIpc) is 2.49. The second-order valence-electron chi connectivity index (χ2n) is 4.77. The monoisotopic (exact) mass is 289 g/mol. The van der Waals surface area contributed by atoms with Gasteiger partial charge in [-0.2, -0.15) is 0 Å². The van der Waals surface area contributed by atoms with Crippen LogP contribution in [0.25, 0.3) is 0 Å². The molecule has 0 aromatic heterocycles. The van der Waals surface area contributed by atoms with Gasteiger partial charge in [-0.15, -0.1) is 0 Å². The minimum absolute atomic E-state index is 0.507. The van der Waals surface area contributed by atoms with Gasteiger partial charge in [0.2, 0.25) is 0 Å². The van der Waals surface area contributed by atoms with E-state index in [1.807, 2.05) is 30.3 Å². The summed E-state index contributed by atoms with van der Waals surface area (Å²) in [7, 11) is 0. The van der Waals surface area contributed by atoms with Gasteiger partial charge in [-0.1, -0.05) is 23.7 Å². The second kappa shape index (κ2) is 5.73. The summed E-state index contributed by atoms with van der Waals surface area (Å²) in [5.74, 6) is 1.63. The molecule has 0 spiro atoms. The smallest absolute Gasteiger partial charge is 0.174 e. The summed E-state index contributed by atoms with van der Waals surface area (Å²) in [5, 5.41) is 0.677. The third-order valence-corrected chi connectivity index (χ3v) is 3.63. The zero-order chi connectivity index (χ0) is 13.9. The Bertz CT molecular complexity index is 598. The number of halogens is 1. The molecule has 3 rings (SSSR count). The van der Waals surface area contributed by atoms with E-state index in [4.69, 9.17) is 26.8 Å². The first-order valence-electron chi connectivity index (χ1n) is 6.66. The molecule has 1 atom stereocenters. The fourth-order valence-electron chi connectivity index (χ4n) is 2.41. The first-order chi connectivity index (χ1) is 9.74. The van der Waals surface area contributed by atoms with Crippen molar-refractivity contribution in [3.05, 3.63) is 58.6 Å². The molecule has 0 saturated carbocycles. The molecule has 4 heteroatoms. The lowest BCUT2D eigenvalue weighted by atomic mass is 9.99. The van der Waals surface area contributed by atoms with Gasteiger partial charge in [0.1, 0.15) is 11.5 Å². The van der Waals surface area contributed by atoms with E-state index in [-0.39, 0.29) is 0 Å². The van der Waals surface area contributed by atoms with Gasteiger partial charge in [0, 0.05) is 16.1 Å². The van der Waals surface area contributed by atoms with Crippen molar-refractivity contribution >= 4 is 11.6 Å². The zero-order valence-electron chi connectivity index (χ0n) is 11.0. The van der Waals surface area contributed by atoms with Crippen molar-refractivity contribution in [1.29, 1.82) is 0 Å². The van der Waals surface area contributed by atoms with Crippen molar-refractivity contribution in [1.82, 2.24) is 0 Å². The van der Waals surface area contributed by atoms with Crippen LogP contribution in [-0.2, 0) is 6.42 Å². The third kappa shape index (κ3) is 2.74. The number of hydrogen-bond donors (Lipinski definition) is 1.